The summed E-state index contributed by atoms with van der Waals surface area (Å²) >= 11 is 1.88. The predicted molar refractivity (Wildman–Crippen MR) is 55.7 cm³/mol. The van der Waals surface area contributed by atoms with Gasteiger partial charge in [-0.25, -0.2) is 0 Å². The zero-order valence-electron chi connectivity index (χ0n) is 7.77. The van der Waals surface area contributed by atoms with Crippen molar-refractivity contribution in [2.24, 2.45) is 5.41 Å². The van der Waals surface area contributed by atoms with Gasteiger partial charge in [0.25, 0.3) is 0 Å². The van der Waals surface area contributed by atoms with Crippen molar-refractivity contribution >= 4 is 24.6 Å². The first-order chi connectivity index (χ1) is 4.97. The van der Waals surface area contributed by atoms with Gasteiger partial charge in [0.05, 0.1) is 0 Å². The van der Waals surface area contributed by atoms with E-state index in [9.17, 15) is 0 Å². The topological polar surface area (TPSA) is 0 Å². The van der Waals surface area contributed by atoms with Crippen LogP contribution in [0.1, 0.15) is 25.6 Å². The lowest BCUT2D eigenvalue weighted by atomic mass is 9.90. The second-order valence-electron chi connectivity index (χ2n) is 4.33. The van der Waals surface area contributed by atoms with Gasteiger partial charge in [0.2, 0.25) is 0 Å². The molecule has 1 aromatic rings. The molecule has 0 saturated carbocycles. The van der Waals surface area contributed by atoms with Gasteiger partial charge in [0.1, 0.15) is 7.85 Å². The summed E-state index contributed by atoms with van der Waals surface area (Å²) in [6, 6.07) is 2.29. The Labute approximate surface area is 74.0 Å². The fourth-order valence-corrected chi connectivity index (χ4v) is 2.28. The Morgan fingerprint density at radius 2 is 2.09 bits per heavy atom. The van der Waals surface area contributed by atoms with E-state index in [-0.39, 0.29) is 0 Å². The Morgan fingerprint density at radius 1 is 1.45 bits per heavy atom. The molecule has 60 valence electrons. The summed E-state index contributed by atoms with van der Waals surface area (Å²) in [6.07, 6.45) is 1.20. The lowest BCUT2D eigenvalue weighted by Crippen LogP contribution is -2.08. The molecule has 0 N–H and O–H groups in total. The van der Waals surface area contributed by atoms with Crippen molar-refractivity contribution in [3.05, 3.63) is 16.3 Å². The molecule has 1 heterocycles. The van der Waals surface area contributed by atoms with Crippen molar-refractivity contribution in [1.82, 2.24) is 0 Å². The van der Waals surface area contributed by atoms with Gasteiger partial charge in [-0.3, -0.25) is 0 Å². The molecule has 1 rings (SSSR count). The van der Waals surface area contributed by atoms with Crippen LogP contribution >= 0.6 is 11.3 Å². The van der Waals surface area contributed by atoms with Crippen molar-refractivity contribution in [2.45, 2.75) is 27.2 Å². The molecule has 0 aliphatic heterocycles. The smallest absolute Gasteiger partial charge is 0.140 e. The summed E-state index contributed by atoms with van der Waals surface area (Å²) in [7, 11) is 2.16. The molecule has 0 aliphatic carbocycles. The molecule has 0 amide bonds. The number of thiophene rings is 1. The van der Waals surface area contributed by atoms with Gasteiger partial charge in [-0.2, -0.15) is 0 Å². The average Bonchev–Trinajstić information content (AvgIpc) is 2.10. The molecule has 11 heavy (non-hydrogen) atoms. The van der Waals surface area contributed by atoms with Crippen LogP contribution in [0.2, 0.25) is 0 Å². The third kappa shape index (κ3) is 3.11. The Bertz CT molecular complexity index is 232. The van der Waals surface area contributed by atoms with Crippen LogP contribution in [-0.2, 0) is 6.42 Å². The Hall–Kier alpha value is -0.235. The van der Waals surface area contributed by atoms with Gasteiger partial charge in [-0.15, -0.1) is 11.3 Å². The SMILES string of the molecule is Bc1csc(CC(C)(C)C)c1. The number of rotatable bonds is 1. The monoisotopic (exact) mass is 166 g/mol. The first-order valence-corrected chi connectivity index (χ1v) is 4.89. The van der Waals surface area contributed by atoms with E-state index in [2.05, 4.69) is 40.1 Å². The van der Waals surface area contributed by atoms with Gasteiger partial charge in [-0.1, -0.05) is 32.3 Å². The van der Waals surface area contributed by atoms with Crippen LogP contribution in [0.15, 0.2) is 11.4 Å². The van der Waals surface area contributed by atoms with Crippen molar-refractivity contribution in [3.63, 3.8) is 0 Å². The molecule has 2 heteroatoms. The maximum absolute atomic E-state index is 2.29. The molecule has 0 radical (unpaired) electrons. The van der Waals surface area contributed by atoms with Crippen LogP contribution in [0, 0.1) is 5.41 Å². The minimum Gasteiger partial charge on any atom is -0.150 e. The van der Waals surface area contributed by atoms with E-state index >= 15 is 0 Å². The maximum Gasteiger partial charge on any atom is 0.140 e. The predicted octanol–water partition coefficient (Wildman–Crippen LogP) is 1.60. The molecule has 0 bridgehead atoms. The minimum absolute atomic E-state index is 0.428. The highest BCUT2D eigenvalue weighted by molar-refractivity contribution is 7.10. The molecule has 0 nitrogen and oxygen atoms in total. The van der Waals surface area contributed by atoms with Crippen molar-refractivity contribution in [2.75, 3.05) is 0 Å². The standard InChI is InChI=1S/C9H15BS/c1-9(2,3)5-8-4-7(10)6-11-8/h4,6H,5,10H2,1-3H3. The fraction of sp³-hybridized carbons (Fsp3) is 0.556. The lowest BCUT2D eigenvalue weighted by molar-refractivity contribution is 0.414. The van der Waals surface area contributed by atoms with E-state index in [0.717, 1.165) is 0 Å². The van der Waals surface area contributed by atoms with Crippen LogP contribution < -0.4 is 5.46 Å². The molecule has 0 aliphatic rings. The van der Waals surface area contributed by atoms with E-state index in [1.54, 1.807) is 0 Å². The molecule has 0 fully saturated rings. The first-order valence-electron chi connectivity index (χ1n) is 4.01. The third-order valence-corrected chi connectivity index (χ3v) is 2.54. The summed E-state index contributed by atoms with van der Waals surface area (Å²) in [5.74, 6) is 0. The van der Waals surface area contributed by atoms with Crippen molar-refractivity contribution in [1.29, 1.82) is 0 Å². The van der Waals surface area contributed by atoms with Crippen LogP contribution in [-0.4, -0.2) is 7.85 Å². The zero-order chi connectivity index (χ0) is 8.48. The maximum atomic E-state index is 2.29. The van der Waals surface area contributed by atoms with E-state index in [0.29, 0.717) is 5.41 Å². The minimum atomic E-state index is 0.428. The first kappa shape index (κ1) is 8.86. The fourth-order valence-electron chi connectivity index (χ4n) is 1.11. The van der Waals surface area contributed by atoms with Crippen LogP contribution in [0.3, 0.4) is 0 Å². The van der Waals surface area contributed by atoms with Gasteiger partial charge in [0.15, 0.2) is 0 Å². The summed E-state index contributed by atoms with van der Waals surface area (Å²) < 4.78 is 0. The highest BCUT2D eigenvalue weighted by Crippen LogP contribution is 2.22. The largest absolute Gasteiger partial charge is 0.150 e. The molecular weight excluding hydrogens is 151 g/mol. The lowest BCUT2D eigenvalue weighted by Gasteiger charge is -2.16. The summed E-state index contributed by atoms with van der Waals surface area (Å²) in [4.78, 5) is 1.51. The van der Waals surface area contributed by atoms with E-state index in [1.165, 1.54) is 16.8 Å². The molecule has 1 aromatic heterocycles. The van der Waals surface area contributed by atoms with Gasteiger partial charge < -0.3 is 0 Å². The van der Waals surface area contributed by atoms with E-state index < -0.39 is 0 Å². The number of hydrogen-bond donors (Lipinski definition) is 0. The van der Waals surface area contributed by atoms with Crippen LogP contribution in [0.25, 0.3) is 0 Å². The number of hydrogen-bond acceptors (Lipinski definition) is 1. The van der Waals surface area contributed by atoms with Crippen molar-refractivity contribution < 1.29 is 0 Å². The average molecular weight is 166 g/mol. The van der Waals surface area contributed by atoms with Gasteiger partial charge in [0, 0.05) is 4.88 Å². The molecular formula is C9H15BS. The molecule has 0 unspecified atom stereocenters. The van der Waals surface area contributed by atoms with Gasteiger partial charge in [-0.05, 0) is 17.2 Å². The quantitative estimate of drug-likeness (QED) is 0.556. The summed E-state index contributed by atoms with van der Waals surface area (Å²) in [5, 5.41) is 2.22. The van der Waals surface area contributed by atoms with E-state index in [4.69, 9.17) is 0 Å². The van der Waals surface area contributed by atoms with Crippen LogP contribution in [0.5, 0.6) is 0 Å². The Morgan fingerprint density at radius 3 is 2.45 bits per heavy atom. The second-order valence-corrected chi connectivity index (χ2v) is 5.32. The molecule has 0 aromatic carbocycles. The zero-order valence-corrected chi connectivity index (χ0v) is 8.59. The second kappa shape index (κ2) is 3.02. The molecule has 0 saturated heterocycles. The normalized spacial score (nSPS) is 11.9. The Kier molecular flexibility index (Phi) is 2.43. The molecule has 0 atom stereocenters. The third-order valence-electron chi connectivity index (χ3n) is 1.49. The Balaban J connectivity index is 2.65. The van der Waals surface area contributed by atoms with Crippen LogP contribution in [0.4, 0.5) is 0 Å². The summed E-state index contributed by atoms with van der Waals surface area (Å²) in [6.45, 7) is 6.84. The highest BCUT2D eigenvalue weighted by Gasteiger charge is 2.11. The molecule has 0 spiro atoms. The van der Waals surface area contributed by atoms with Crippen molar-refractivity contribution in [3.8, 4) is 0 Å². The highest BCUT2D eigenvalue weighted by atomic mass is 32.1. The van der Waals surface area contributed by atoms with E-state index in [1.807, 2.05) is 11.3 Å². The summed E-state index contributed by atoms with van der Waals surface area (Å²) in [5.41, 5.74) is 1.83. The van der Waals surface area contributed by atoms with Gasteiger partial charge >= 0.3 is 0 Å².